The van der Waals surface area contributed by atoms with Crippen molar-refractivity contribution in [3.05, 3.63) is 75.8 Å². The fourth-order valence-electron chi connectivity index (χ4n) is 3.27. The molecule has 0 amide bonds. The van der Waals surface area contributed by atoms with E-state index in [0.717, 1.165) is 16.5 Å². The monoisotopic (exact) mass is 368 g/mol. The topological polar surface area (TPSA) is 85.5 Å². The maximum absolute atomic E-state index is 11.8. The normalized spacial score (nSPS) is 22.0. The van der Waals surface area contributed by atoms with Crippen LogP contribution in [0.4, 0.5) is 0 Å². The number of ether oxygens (including phenoxy) is 1. The maximum atomic E-state index is 11.8. The second-order valence-electron chi connectivity index (χ2n) is 6.11. The predicted octanol–water partition coefficient (Wildman–Crippen LogP) is 3.77. The number of hydrogen-bond donors (Lipinski definition) is 1. The Morgan fingerprint density at radius 3 is 2.77 bits per heavy atom. The first-order chi connectivity index (χ1) is 12.6. The van der Waals surface area contributed by atoms with Gasteiger partial charge in [0.1, 0.15) is 16.0 Å². The van der Waals surface area contributed by atoms with Crippen LogP contribution in [0.2, 0.25) is 0 Å². The van der Waals surface area contributed by atoms with Gasteiger partial charge >= 0.3 is 0 Å². The van der Waals surface area contributed by atoms with E-state index in [2.05, 4.69) is 4.98 Å². The average molecular weight is 368 g/mol. The molecule has 0 radical (unpaired) electrons. The van der Waals surface area contributed by atoms with E-state index in [0.29, 0.717) is 16.3 Å². The van der Waals surface area contributed by atoms with Crippen LogP contribution in [-0.2, 0) is 0 Å². The van der Waals surface area contributed by atoms with Crippen molar-refractivity contribution in [1.82, 2.24) is 4.98 Å². The highest BCUT2D eigenvalue weighted by Gasteiger charge is 2.46. The van der Waals surface area contributed by atoms with E-state index in [9.17, 15) is 15.2 Å². The predicted molar refractivity (Wildman–Crippen MR) is 99.1 cm³/mol. The van der Waals surface area contributed by atoms with Gasteiger partial charge in [0.25, 0.3) is 6.04 Å². The molecule has 0 aliphatic carbocycles. The molecule has 1 aromatic heterocycles. The van der Waals surface area contributed by atoms with E-state index in [4.69, 9.17) is 4.74 Å². The van der Waals surface area contributed by atoms with E-state index in [-0.39, 0.29) is 0 Å². The number of hydrogen-bond acceptors (Lipinski definition) is 6. The van der Waals surface area contributed by atoms with Gasteiger partial charge in [-0.2, -0.15) is 0 Å². The number of methoxy groups -OCH3 is 1. The molecular weight excluding hydrogens is 352 g/mol. The van der Waals surface area contributed by atoms with E-state index >= 15 is 0 Å². The molecular formula is C19H16N2O4S. The van der Waals surface area contributed by atoms with Crippen molar-refractivity contribution >= 4 is 22.7 Å². The Kier molecular flexibility index (Phi) is 4.26. The second-order valence-corrected chi connectivity index (χ2v) is 7.24. The van der Waals surface area contributed by atoms with Crippen LogP contribution in [0.3, 0.4) is 0 Å². The quantitative estimate of drug-likeness (QED) is 0.559. The molecule has 0 spiro atoms. The molecule has 1 aliphatic heterocycles. The van der Waals surface area contributed by atoms with Gasteiger partial charge in [0.15, 0.2) is 6.10 Å². The van der Waals surface area contributed by atoms with Gasteiger partial charge in [0.05, 0.1) is 12.6 Å². The number of nitro groups is 1. The summed E-state index contributed by atoms with van der Waals surface area (Å²) in [5.41, 5.74) is 2.04. The number of thioether (sulfide) groups is 1. The molecule has 0 saturated heterocycles. The standard InChI is InChI=1S/C19H16N2O4S/c1-25-13-7-4-6-12(9-13)18-16(21(23)24)17(22)14-10-11-5-2-3-8-15(11)20-19(14)26-18/h2-10,16-18,22H,1H3/t16-,17+,18+/m0/s1. The molecule has 26 heavy (non-hydrogen) atoms. The van der Waals surface area contributed by atoms with Crippen LogP contribution in [0.1, 0.15) is 22.5 Å². The SMILES string of the molecule is COc1cccc([C@H]2Sc3nc4ccccc4cc3[C@@H](O)[C@@H]2[N+](=O)[O-])c1. The Hall–Kier alpha value is -2.64. The molecule has 1 N–H and O–H groups in total. The number of aliphatic hydroxyl groups excluding tert-OH is 1. The molecule has 7 heteroatoms. The number of rotatable bonds is 3. The summed E-state index contributed by atoms with van der Waals surface area (Å²) in [6.07, 6.45) is -1.23. The van der Waals surface area contributed by atoms with Gasteiger partial charge in [-0.1, -0.05) is 42.1 Å². The maximum Gasteiger partial charge on any atom is 0.258 e. The fourth-order valence-corrected chi connectivity index (χ4v) is 4.65. The van der Waals surface area contributed by atoms with Crippen molar-refractivity contribution in [2.75, 3.05) is 7.11 Å². The number of aliphatic hydroxyl groups is 1. The summed E-state index contributed by atoms with van der Waals surface area (Å²) < 4.78 is 5.24. The molecule has 0 saturated carbocycles. The molecule has 3 atom stereocenters. The Morgan fingerprint density at radius 1 is 1.19 bits per heavy atom. The van der Waals surface area contributed by atoms with Crippen LogP contribution in [0.5, 0.6) is 5.75 Å². The van der Waals surface area contributed by atoms with Gasteiger partial charge in [-0.3, -0.25) is 10.1 Å². The summed E-state index contributed by atoms with van der Waals surface area (Å²) in [7, 11) is 1.55. The van der Waals surface area contributed by atoms with Crippen LogP contribution < -0.4 is 4.74 Å². The van der Waals surface area contributed by atoms with Crippen molar-refractivity contribution < 1.29 is 14.8 Å². The largest absolute Gasteiger partial charge is 0.497 e. The lowest BCUT2D eigenvalue weighted by atomic mass is 9.95. The zero-order chi connectivity index (χ0) is 18.3. The summed E-state index contributed by atoms with van der Waals surface area (Å²) in [5.74, 6) is 0.622. The lowest BCUT2D eigenvalue weighted by Gasteiger charge is -2.30. The third-order valence-corrected chi connectivity index (χ3v) is 5.93. The first-order valence-corrected chi connectivity index (χ1v) is 8.98. The van der Waals surface area contributed by atoms with Crippen molar-refractivity contribution in [1.29, 1.82) is 0 Å². The number of para-hydroxylation sites is 1. The molecule has 0 unspecified atom stereocenters. The first-order valence-electron chi connectivity index (χ1n) is 8.10. The highest BCUT2D eigenvalue weighted by Crippen LogP contribution is 2.50. The molecule has 1 aliphatic rings. The Balaban J connectivity index is 1.85. The lowest BCUT2D eigenvalue weighted by molar-refractivity contribution is -0.536. The van der Waals surface area contributed by atoms with E-state index in [1.807, 2.05) is 30.3 Å². The third-order valence-electron chi connectivity index (χ3n) is 4.57. The summed E-state index contributed by atoms with van der Waals surface area (Å²) >= 11 is 1.32. The van der Waals surface area contributed by atoms with Gasteiger partial charge in [0, 0.05) is 15.9 Å². The van der Waals surface area contributed by atoms with Gasteiger partial charge in [-0.15, -0.1) is 0 Å². The molecule has 3 aromatic rings. The summed E-state index contributed by atoms with van der Waals surface area (Å²) in [5, 5.41) is 23.5. The zero-order valence-corrected chi connectivity index (χ0v) is 14.7. The van der Waals surface area contributed by atoms with Crippen molar-refractivity contribution in [2.45, 2.75) is 22.4 Å². The third kappa shape index (κ3) is 2.79. The van der Waals surface area contributed by atoms with Crippen LogP contribution in [0, 0.1) is 10.1 Å². The van der Waals surface area contributed by atoms with Crippen molar-refractivity contribution in [3.8, 4) is 5.75 Å². The molecule has 2 heterocycles. The number of fused-ring (bicyclic) bond motifs is 2. The number of nitrogens with zero attached hydrogens (tertiary/aromatic N) is 2. The van der Waals surface area contributed by atoms with E-state index < -0.39 is 22.3 Å². The van der Waals surface area contributed by atoms with Gasteiger partial charge in [-0.05, 0) is 29.8 Å². The Bertz CT molecular complexity index is 994. The van der Waals surface area contributed by atoms with Crippen LogP contribution in [0.25, 0.3) is 10.9 Å². The number of aromatic nitrogens is 1. The minimum absolute atomic E-state index is 0.403. The van der Waals surface area contributed by atoms with E-state index in [1.54, 1.807) is 31.4 Å². The number of pyridine rings is 1. The van der Waals surface area contributed by atoms with Gasteiger partial charge in [0.2, 0.25) is 0 Å². The number of benzene rings is 2. The van der Waals surface area contributed by atoms with Crippen molar-refractivity contribution in [3.63, 3.8) is 0 Å². The van der Waals surface area contributed by atoms with Gasteiger partial charge in [-0.25, -0.2) is 4.98 Å². The summed E-state index contributed by atoms with van der Waals surface area (Å²) in [4.78, 5) is 16.0. The van der Waals surface area contributed by atoms with E-state index in [1.165, 1.54) is 11.8 Å². The van der Waals surface area contributed by atoms with Gasteiger partial charge < -0.3 is 9.84 Å². The minimum atomic E-state index is -1.23. The van der Waals surface area contributed by atoms with Crippen LogP contribution in [0.15, 0.2) is 59.6 Å². The van der Waals surface area contributed by atoms with Crippen LogP contribution in [-0.4, -0.2) is 28.2 Å². The lowest BCUT2D eigenvalue weighted by Crippen LogP contribution is -2.35. The van der Waals surface area contributed by atoms with Crippen LogP contribution >= 0.6 is 11.8 Å². The highest BCUT2D eigenvalue weighted by atomic mass is 32.2. The molecule has 0 bridgehead atoms. The molecule has 6 nitrogen and oxygen atoms in total. The summed E-state index contributed by atoms with van der Waals surface area (Å²) in [6, 6.07) is 15.3. The molecule has 132 valence electrons. The first kappa shape index (κ1) is 16.8. The molecule has 0 fully saturated rings. The van der Waals surface area contributed by atoms with Crippen molar-refractivity contribution in [2.24, 2.45) is 0 Å². The second kappa shape index (κ2) is 6.59. The zero-order valence-electron chi connectivity index (χ0n) is 13.9. The average Bonchev–Trinajstić information content (AvgIpc) is 2.66. The Labute approximate surface area is 154 Å². The smallest absolute Gasteiger partial charge is 0.258 e. The molecule has 2 aromatic carbocycles. The minimum Gasteiger partial charge on any atom is -0.497 e. The summed E-state index contributed by atoms with van der Waals surface area (Å²) in [6.45, 7) is 0. The Morgan fingerprint density at radius 2 is 2.00 bits per heavy atom. The fraction of sp³-hybridized carbons (Fsp3) is 0.211. The molecule has 4 rings (SSSR count). The highest BCUT2D eigenvalue weighted by molar-refractivity contribution is 7.99.